The van der Waals surface area contributed by atoms with Crippen LogP contribution in [0.3, 0.4) is 0 Å². The van der Waals surface area contributed by atoms with Gasteiger partial charge in [-0.1, -0.05) is 18.2 Å². The van der Waals surface area contributed by atoms with E-state index in [0.29, 0.717) is 6.54 Å². The van der Waals surface area contributed by atoms with Crippen molar-refractivity contribution in [3.05, 3.63) is 56.2 Å². The van der Waals surface area contributed by atoms with Crippen molar-refractivity contribution in [1.29, 1.82) is 0 Å². The molecule has 2 amide bonds. The molecule has 0 unspecified atom stereocenters. The van der Waals surface area contributed by atoms with Gasteiger partial charge in [0.15, 0.2) is 0 Å². The summed E-state index contributed by atoms with van der Waals surface area (Å²) in [6.45, 7) is 2.36. The van der Waals surface area contributed by atoms with E-state index in [2.05, 4.69) is 21.6 Å². The molecule has 0 spiro atoms. The van der Waals surface area contributed by atoms with Gasteiger partial charge in [-0.05, 0) is 24.5 Å². The van der Waals surface area contributed by atoms with Crippen LogP contribution in [0.25, 0.3) is 0 Å². The maximum absolute atomic E-state index is 12.6. The molecule has 0 aliphatic carbocycles. The Morgan fingerprint density at radius 3 is 2.53 bits per heavy atom. The van der Waals surface area contributed by atoms with Crippen molar-refractivity contribution in [3.8, 4) is 0 Å². The highest BCUT2D eigenvalue weighted by molar-refractivity contribution is 6.03. The standard InChI is InChI=1S/C21H25N5O4/c1-24-18-17(20(29)25(2)21(24)30)14(19(28)23-18)11-16(27)22-12-13-7-3-4-8-15(13)26-9-5-6-10-26/h3-4,7-8,14H,5-6,9-12H2,1-2H3,(H,22,27)(H,23,28)/t14-/m0/s1. The highest BCUT2D eigenvalue weighted by Gasteiger charge is 2.37. The molecule has 9 heteroatoms. The molecule has 1 atom stereocenters. The molecule has 0 saturated carbocycles. The van der Waals surface area contributed by atoms with E-state index in [1.54, 1.807) is 0 Å². The third-order valence-corrected chi connectivity index (χ3v) is 5.91. The van der Waals surface area contributed by atoms with Gasteiger partial charge in [-0.25, -0.2) is 4.79 Å². The SMILES string of the molecule is Cn1c2c(c(=O)n(C)c1=O)[C@H](CC(=O)NCc1ccccc1N1CCCC1)C(=O)N2. The van der Waals surface area contributed by atoms with Gasteiger partial charge in [0.25, 0.3) is 5.56 Å². The Kier molecular flexibility index (Phi) is 5.19. The molecule has 9 nitrogen and oxygen atoms in total. The van der Waals surface area contributed by atoms with Crippen molar-refractivity contribution in [3.63, 3.8) is 0 Å². The van der Waals surface area contributed by atoms with Crippen LogP contribution in [-0.2, 0) is 30.2 Å². The number of carbonyl (C=O) groups is 2. The van der Waals surface area contributed by atoms with E-state index in [9.17, 15) is 19.2 Å². The predicted molar refractivity (Wildman–Crippen MR) is 113 cm³/mol. The lowest BCUT2D eigenvalue weighted by Crippen LogP contribution is -2.39. The van der Waals surface area contributed by atoms with Gasteiger partial charge in [0.1, 0.15) is 5.82 Å². The number of benzene rings is 1. The molecular weight excluding hydrogens is 386 g/mol. The highest BCUT2D eigenvalue weighted by Crippen LogP contribution is 2.31. The Bertz CT molecular complexity index is 1130. The number of fused-ring (bicyclic) bond motifs is 1. The number of para-hydroxylation sites is 1. The summed E-state index contributed by atoms with van der Waals surface area (Å²) in [4.78, 5) is 52.0. The molecule has 1 fully saturated rings. The fourth-order valence-electron chi connectivity index (χ4n) is 4.24. The molecule has 4 rings (SSSR count). The van der Waals surface area contributed by atoms with Crippen LogP contribution in [0.5, 0.6) is 0 Å². The lowest BCUT2D eigenvalue weighted by molar-refractivity contribution is -0.125. The second-order valence-corrected chi connectivity index (χ2v) is 7.81. The second kappa shape index (κ2) is 7.81. The van der Waals surface area contributed by atoms with Crippen LogP contribution in [0.2, 0.25) is 0 Å². The summed E-state index contributed by atoms with van der Waals surface area (Å²) < 4.78 is 2.18. The normalized spacial score (nSPS) is 17.7. The van der Waals surface area contributed by atoms with Crippen molar-refractivity contribution in [2.24, 2.45) is 14.1 Å². The number of amides is 2. The molecule has 2 aliphatic rings. The molecule has 1 saturated heterocycles. The fourth-order valence-corrected chi connectivity index (χ4v) is 4.24. The summed E-state index contributed by atoms with van der Waals surface area (Å²) in [7, 11) is 2.85. The summed E-state index contributed by atoms with van der Waals surface area (Å²) in [6.07, 6.45) is 2.17. The lowest BCUT2D eigenvalue weighted by atomic mass is 9.99. The maximum atomic E-state index is 12.6. The van der Waals surface area contributed by atoms with E-state index < -0.39 is 23.1 Å². The van der Waals surface area contributed by atoms with Gasteiger partial charge >= 0.3 is 5.69 Å². The van der Waals surface area contributed by atoms with Gasteiger partial charge in [-0.15, -0.1) is 0 Å². The van der Waals surface area contributed by atoms with Crippen LogP contribution < -0.4 is 26.8 Å². The molecule has 158 valence electrons. The van der Waals surface area contributed by atoms with Crippen molar-refractivity contribution >= 4 is 23.3 Å². The van der Waals surface area contributed by atoms with Crippen molar-refractivity contribution in [2.75, 3.05) is 23.3 Å². The van der Waals surface area contributed by atoms with Crippen LogP contribution >= 0.6 is 0 Å². The smallest absolute Gasteiger partial charge is 0.332 e. The van der Waals surface area contributed by atoms with Crippen LogP contribution in [0, 0.1) is 0 Å². The third kappa shape index (κ3) is 3.40. The van der Waals surface area contributed by atoms with E-state index in [1.165, 1.54) is 18.7 Å². The highest BCUT2D eigenvalue weighted by atomic mass is 16.2. The quantitative estimate of drug-likeness (QED) is 0.742. The first-order valence-corrected chi connectivity index (χ1v) is 10.1. The van der Waals surface area contributed by atoms with Gasteiger partial charge in [0.2, 0.25) is 11.8 Å². The number of carbonyl (C=O) groups excluding carboxylic acids is 2. The predicted octanol–water partition coefficient (Wildman–Crippen LogP) is 0.426. The van der Waals surface area contributed by atoms with E-state index in [-0.39, 0.29) is 23.7 Å². The van der Waals surface area contributed by atoms with Gasteiger partial charge < -0.3 is 15.5 Å². The van der Waals surface area contributed by atoms with E-state index in [0.717, 1.165) is 41.7 Å². The van der Waals surface area contributed by atoms with Crippen molar-refractivity contribution in [2.45, 2.75) is 31.7 Å². The first-order chi connectivity index (χ1) is 14.4. The number of nitrogens with one attached hydrogen (secondary N) is 2. The minimum atomic E-state index is -0.917. The molecule has 3 heterocycles. The van der Waals surface area contributed by atoms with Crippen LogP contribution in [0.1, 0.15) is 36.3 Å². The van der Waals surface area contributed by atoms with E-state index in [4.69, 9.17) is 0 Å². The molecule has 2 aromatic rings. The van der Waals surface area contributed by atoms with E-state index in [1.807, 2.05) is 18.2 Å². The summed E-state index contributed by atoms with van der Waals surface area (Å²) in [6, 6.07) is 7.96. The first kappa shape index (κ1) is 19.9. The first-order valence-electron chi connectivity index (χ1n) is 10.1. The van der Waals surface area contributed by atoms with Crippen molar-refractivity contribution < 1.29 is 9.59 Å². The second-order valence-electron chi connectivity index (χ2n) is 7.81. The Hall–Kier alpha value is -3.36. The van der Waals surface area contributed by atoms with Gasteiger partial charge in [0.05, 0.1) is 11.5 Å². The van der Waals surface area contributed by atoms with Crippen LogP contribution in [-0.4, -0.2) is 34.0 Å². The number of nitrogens with zero attached hydrogens (tertiary/aromatic N) is 3. The number of anilines is 2. The molecule has 30 heavy (non-hydrogen) atoms. The molecule has 2 aliphatic heterocycles. The molecule has 1 aromatic carbocycles. The monoisotopic (exact) mass is 411 g/mol. The molecule has 1 aromatic heterocycles. The zero-order chi connectivity index (χ0) is 21.4. The molecule has 0 radical (unpaired) electrons. The molecular formula is C21H25N5O4. The Balaban J connectivity index is 1.50. The Morgan fingerprint density at radius 1 is 1.10 bits per heavy atom. The number of aromatic nitrogens is 2. The van der Waals surface area contributed by atoms with Crippen LogP contribution in [0.15, 0.2) is 33.9 Å². The minimum Gasteiger partial charge on any atom is -0.371 e. The number of hydrogen-bond acceptors (Lipinski definition) is 5. The van der Waals surface area contributed by atoms with E-state index >= 15 is 0 Å². The van der Waals surface area contributed by atoms with Crippen molar-refractivity contribution in [1.82, 2.24) is 14.5 Å². The molecule has 0 bridgehead atoms. The average Bonchev–Trinajstić information content (AvgIpc) is 3.38. The number of hydrogen-bond donors (Lipinski definition) is 2. The zero-order valence-corrected chi connectivity index (χ0v) is 17.1. The fraction of sp³-hybridized carbons (Fsp3) is 0.429. The van der Waals surface area contributed by atoms with Crippen LogP contribution in [0.4, 0.5) is 11.5 Å². The van der Waals surface area contributed by atoms with Gasteiger partial charge in [-0.2, -0.15) is 0 Å². The largest absolute Gasteiger partial charge is 0.371 e. The van der Waals surface area contributed by atoms with Gasteiger partial charge in [-0.3, -0.25) is 23.5 Å². The summed E-state index contributed by atoms with van der Waals surface area (Å²) in [5, 5.41) is 5.45. The minimum absolute atomic E-state index is 0.155. The summed E-state index contributed by atoms with van der Waals surface area (Å²) >= 11 is 0. The average molecular weight is 411 g/mol. The summed E-state index contributed by atoms with van der Waals surface area (Å²) in [5.41, 5.74) is 1.22. The third-order valence-electron chi connectivity index (χ3n) is 5.91. The number of rotatable bonds is 5. The molecule has 2 N–H and O–H groups in total. The Morgan fingerprint density at radius 2 is 1.80 bits per heavy atom. The lowest BCUT2D eigenvalue weighted by Gasteiger charge is -2.21. The topological polar surface area (TPSA) is 105 Å². The Labute approximate surface area is 173 Å². The maximum Gasteiger partial charge on any atom is 0.332 e. The van der Waals surface area contributed by atoms with Gasteiger partial charge in [0, 0.05) is 45.8 Å². The zero-order valence-electron chi connectivity index (χ0n) is 17.1. The summed E-state index contributed by atoms with van der Waals surface area (Å²) in [5.74, 6) is -1.52.